The molecule has 0 aliphatic rings. The van der Waals surface area contributed by atoms with Crippen molar-refractivity contribution in [3.63, 3.8) is 0 Å². The quantitative estimate of drug-likeness (QED) is 0.839. The molecule has 2 rings (SSSR count). The number of nitrogens with zero attached hydrogens (tertiary/aromatic N) is 1. The Hall–Kier alpha value is -1.58. The van der Waals surface area contributed by atoms with Crippen LogP contribution in [0.15, 0.2) is 36.4 Å². The van der Waals surface area contributed by atoms with Crippen molar-refractivity contribution < 1.29 is 4.79 Å². The molecule has 20 heavy (non-hydrogen) atoms. The third-order valence-corrected chi connectivity index (χ3v) is 3.13. The number of benzene rings is 1. The van der Waals surface area contributed by atoms with E-state index in [0.717, 1.165) is 18.5 Å². The summed E-state index contributed by atoms with van der Waals surface area (Å²) in [5.74, 6) is -0.228. The smallest absolute Gasteiger partial charge is 0.255 e. The van der Waals surface area contributed by atoms with Crippen molar-refractivity contribution in [2.75, 3.05) is 5.32 Å². The molecule has 0 spiro atoms. The molecule has 2 aromatic rings. The summed E-state index contributed by atoms with van der Waals surface area (Å²) in [4.78, 5) is 16.4. The molecule has 1 amide bonds. The van der Waals surface area contributed by atoms with Crippen LogP contribution in [0.3, 0.4) is 0 Å². The average molecular weight is 309 g/mol. The molecule has 3 nitrogen and oxygen atoms in total. The maximum absolute atomic E-state index is 12.2. The molecule has 0 aliphatic heterocycles. The lowest BCUT2D eigenvalue weighted by atomic mass is 10.1. The average Bonchev–Trinajstić information content (AvgIpc) is 2.38. The van der Waals surface area contributed by atoms with Crippen molar-refractivity contribution in [3.05, 3.63) is 57.8 Å². The summed E-state index contributed by atoms with van der Waals surface area (Å²) in [5, 5.41) is 3.68. The van der Waals surface area contributed by atoms with E-state index in [1.807, 2.05) is 6.92 Å². The number of aryl methyl sites for hydroxylation is 1. The lowest BCUT2D eigenvalue weighted by Crippen LogP contribution is -2.12. The molecule has 1 N–H and O–H groups in total. The van der Waals surface area contributed by atoms with Gasteiger partial charge in [-0.05, 0) is 36.8 Å². The Morgan fingerprint density at radius 3 is 2.75 bits per heavy atom. The number of nitrogens with one attached hydrogen (secondary N) is 1. The maximum atomic E-state index is 12.2. The summed E-state index contributed by atoms with van der Waals surface area (Å²) in [6, 6.07) is 10.3. The molecule has 0 fully saturated rings. The Morgan fingerprint density at radius 2 is 2.05 bits per heavy atom. The van der Waals surface area contributed by atoms with Gasteiger partial charge >= 0.3 is 0 Å². The van der Waals surface area contributed by atoms with E-state index < -0.39 is 0 Å². The summed E-state index contributed by atoms with van der Waals surface area (Å²) in [6.45, 7) is 2.05. The van der Waals surface area contributed by atoms with Gasteiger partial charge in [-0.1, -0.05) is 42.6 Å². The molecule has 104 valence electrons. The maximum Gasteiger partial charge on any atom is 0.255 e. The molecule has 0 unspecified atom stereocenters. The fourth-order valence-electron chi connectivity index (χ4n) is 1.84. The topological polar surface area (TPSA) is 42.0 Å². The zero-order valence-corrected chi connectivity index (χ0v) is 12.5. The van der Waals surface area contributed by atoms with Crippen LogP contribution in [0.5, 0.6) is 0 Å². The summed E-state index contributed by atoms with van der Waals surface area (Å²) in [6.07, 6.45) is 1.74. The van der Waals surface area contributed by atoms with Crippen LogP contribution < -0.4 is 5.32 Å². The van der Waals surface area contributed by atoms with E-state index in [1.54, 1.807) is 36.4 Å². The Morgan fingerprint density at radius 1 is 1.25 bits per heavy atom. The number of amides is 1. The first kappa shape index (κ1) is 14.8. The number of pyridine rings is 1. The first-order valence-corrected chi connectivity index (χ1v) is 7.07. The third-order valence-electron chi connectivity index (χ3n) is 2.70. The predicted octanol–water partition coefficient (Wildman–Crippen LogP) is 4.59. The van der Waals surface area contributed by atoms with E-state index in [1.165, 1.54) is 0 Å². The minimum Gasteiger partial charge on any atom is -0.322 e. The second kappa shape index (κ2) is 6.73. The number of hydrogen-bond acceptors (Lipinski definition) is 2. The number of aromatic nitrogens is 1. The summed E-state index contributed by atoms with van der Waals surface area (Å²) < 4.78 is 0. The molecule has 0 aliphatic carbocycles. The normalized spacial score (nSPS) is 10.3. The highest BCUT2D eigenvalue weighted by molar-refractivity contribution is 6.31. The van der Waals surface area contributed by atoms with E-state index in [0.29, 0.717) is 21.4 Å². The molecule has 0 saturated heterocycles. The largest absolute Gasteiger partial charge is 0.322 e. The van der Waals surface area contributed by atoms with Gasteiger partial charge in [0.05, 0.1) is 0 Å². The highest BCUT2D eigenvalue weighted by Crippen LogP contribution is 2.17. The van der Waals surface area contributed by atoms with Crippen molar-refractivity contribution in [1.82, 2.24) is 4.98 Å². The van der Waals surface area contributed by atoms with E-state index >= 15 is 0 Å². The van der Waals surface area contributed by atoms with Gasteiger partial charge in [-0.3, -0.25) is 4.79 Å². The molecule has 0 atom stereocenters. The highest BCUT2D eigenvalue weighted by Gasteiger charge is 2.09. The van der Waals surface area contributed by atoms with Gasteiger partial charge in [0.15, 0.2) is 0 Å². The SMILES string of the molecule is CCCc1cc(C(=O)Nc2cccc(Cl)c2)cc(Cl)n1. The van der Waals surface area contributed by atoms with Crippen molar-refractivity contribution in [3.8, 4) is 0 Å². The highest BCUT2D eigenvalue weighted by atomic mass is 35.5. The molecular formula is C15H14Cl2N2O. The van der Waals surface area contributed by atoms with Gasteiger partial charge in [0.25, 0.3) is 5.91 Å². The lowest BCUT2D eigenvalue weighted by Gasteiger charge is -2.07. The van der Waals surface area contributed by atoms with Crippen LogP contribution in [0.1, 0.15) is 29.4 Å². The third kappa shape index (κ3) is 3.95. The molecule has 1 heterocycles. The molecular weight excluding hydrogens is 295 g/mol. The van der Waals surface area contributed by atoms with Gasteiger partial charge in [0.1, 0.15) is 5.15 Å². The van der Waals surface area contributed by atoms with Crippen LogP contribution in [0.2, 0.25) is 10.2 Å². The monoisotopic (exact) mass is 308 g/mol. The van der Waals surface area contributed by atoms with Crippen LogP contribution in [0.25, 0.3) is 0 Å². The first-order valence-electron chi connectivity index (χ1n) is 6.32. The zero-order chi connectivity index (χ0) is 14.5. The Bertz CT molecular complexity index is 629. The second-order valence-corrected chi connectivity index (χ2v) is 5.21. The van der Waals surface area contributed by atoms with E-state index in [9.17, 15) is 4.79 Å². The summed E-state index contributed by atoms with van der Waals surface area (Å²) in [5.41, 5.74) is 1.96. The minimum atomic E-state index is -0.228. The van der Waals surface area contributed by atoms with Crippen molar-refractivity contribution in [1.29, 1.82) is 0 Å². The van der Waals surface area contributed by atoms with Gasteiger partial charge in [0, 0.05) is 22.0 Å². The fraction of sp³-hybridized carbons (Fsp3) is 0.200. The van der Waals surface area contributed by atoms with Crippen LogP contribution in [0.4, 0.5) is 5.69 Å². The number of halogens is 2. The summed E-state index contributed by atoms with van der Waals surface area (Å²) in [7, 11) is 0. The molecule has 0 radical (unpaired) electrons. The molecule has 1 aromatic heterocycles. The fourth-order valence-corrected chi connectivity index (χ4v) is 2.25. The van der Waals surface area contributed by atoms with Crippen molar-refractivity contribution in [2.24, 2.45) is 0 Å². The van der Waals surface area contributed by atoms with E-state index in [2.05, 4.69) is 10.3 Å². The lowest BCUT2D eigenvalue weighted by molar-refractivity contribution is 0.102. The van der Waals surface area contributed by atoms with Crippen LogP contribution in [-0.4, -0.2) is 10.9 Å². The molecule has 0 saturated carbocycles. The summed E-state index contributed by atoms with van der Waals surface area (Å²) >= 11 is 11.8. The van der Waals surface area contributed by atoms with E-state index in [-0.39, 0.29) is 5.91 Å². The van der Waals surface area contributed by atoms with Gasteiger partial charge in [-0.2, -0.15) is 0 Å². The standard InChI is InChI=1S/C15H14Cl2N2O/c1-2-4-12-7-10(8-14(17)18-12)15(20)19-13-6-3-5-11(16)9-13/h3,5-9H,2,4H2,1H3,(H,19,20). The number of rotatable bonds is 4. The first-order chi connectivity index (χ1) is 9.58. The Kier molecular flexibility index (Phi) is 4.99. The van der Waals surface area contributed by atoms with Crippen molar-refractivity contribution in [2.45, 2.75) is 19.8 Å². The molecule has 0 bridgehead atoms. The van der Waals surface area contributed by atoms with Crippen LogP contribution >= 0.6 is 23.2 Å². The molecule has 5 heteroatoms. The van der Waals surface area contributed by atoms with Gasteiger partial charge in [-0.25, -0.2) is 4.98 Å². The number of hydrogen-bond donors (Lipinski definition) is 1. The van der Waals surface area contributed by atoms with Crippen molar-refractivity contribution >= 4 is 34.8 Å². The van der Waals surface area contributed by atoms with Crippen LogP contribution in [-0.2, 0) is 6.42 Å². The molecule has 1 aromatic carbocycles. The number of carbonyl (C=O) groups is 1. The minimum absolute atomic E-state index is 0.228. The predicted molar refractivity (Wildman–Crippen MR) is 82.6 cm³/mol. The van der Waals surface area contributed by atoms with Gasteiger partial charge in [0.2, 0.25) is 0 Å². The van der Waals surface area contributed by atoms with Crippen LogP contribution in [0, 0.1) is 0 Å². The number of anilines is 1. The number of carbonyl (C=O) groups excluding carboxylic acids is 1. The van der Waals surface area contributed by atoms with E-state index in [4.69, 9.17) is 23.2 Å². The second-order valence-electron chi connectivity index (χ2n) is 4.38. The zero-order valence-electron chi connectivity index (χ0n) is 11.0. The van der Waals surface area contributed by atoms with Gasteiger partial charge < -0.3 is 5.32 Å². The Labute approximate surface area is 127 Å². The van der Waals surface area contributed by atoms with Gasteiger partial charge in [-0.15, -0.1) is 0 Å². The Balaban J connectivity index is 2.20.